The summed E-state index contributed by atoms with van der Waals surface area (Å²) in [7, 11) is 0. The van der Waals surface area contributed by atoms with Crippen LogP contribution in [0.3, 0.4) is 0 Å². The number of rotatable bonds is 4. The molecule has 0 fully saturated rings. The topological polar surface area (TPSA) is 92.0 Å². The highest BCUT2D eigenvalue weighted by Crippen LogP contribution is 2.26. The summed E-state index contributed by atoms with van der Waals surface area (Å²) in [6, 6.07) is 5.32. The first kappa shape index (κ1) is 13.8. The third-order valence-electron chi connectivity index (χ3n) is 2.83. The number of aromatic amines is 1. The predicted molar refractivity (Wildman–Crippen MR) is 75.6 cm³/mol. The van der Waals surface area contributed by atoms with Crippen molar-refractivity contribution in [2.24, 2.45) is 5.73 Å². The van der Waals surface area contributed by atoms with E-state index in [0.717, 1.165) is 21.3 Å². The lowest BCUT2D eigenvalue weighted by Crippen LogP contribution is -2.16. The van der Waals surface area contributed by atoms with Crippen molar-refractivity contribution >= 4 is 21.9 Å². The number of aliphatic carboxylic acids is 1. The van der Waals surface area contributed by atoms with Gasteiger partial charge >= 0.3 is 5.97 Å². The SMILES string of the molecule is Cc1ccc(Br)cc1-c1cnc(C(N)CC(=O)O)[nH]1. The van der Waals surface area contributed by atoms with E-state index in [-0.39, 0.29) is 6.42 Å². The van der Waals surface area contributed by atoms with Gasteiger partial charge in [0, 0.05) is 10.0 Å². The van der Waals surface area contributed by atoms with Crippen LogP contribution in [-0.2, 0) is 4.79 Å². The van der Waals surface area contributed by atoms with E-state index in [0.29, 0.717) is 5.82 Å². The summed E-state index contributed by atoms with van der Waals surface area (Å²) in [6.07, 6.45) is 1.52. The monoisotopic (exact) mass is 323 g/mol. The van der Waals surface area contributed by atoms with Crippen molar-refractivity contribution in [1.29, 1.82) is 0 Å². The normalized spacial score (nSPS) is 12.4. The molecule has 6 heteroatoms. The number of nitrogens with one attached hydrogen (secondary N) is 1. The number of hydrogen-bond donors (Lipinski definition) is 3. The summed E-state index contributed by atoms with van der Waals surface area (Å²) in [4.78, 5) is 17.9. The van der Waals surface area contributed by atoms with Gasteiger partial charge in [-0.2, -0.15) is 0 Å². The Bertz CT molecular complexity index is 610. The second-order valence-corrected chi connectivity index (χ2v) is 5.26. The van der Waals surface area contributed by atoms with Crippen LogP contribution in [-0.4, -0.2) is 21.0 Å². The number of benzene rings is 1. The van der Waals surface area contributed by atoms with Gasteiger partial charge in [-0.1, -0.05) is 22.0 Å². The number of imidazole rings is 1. The quantitative estimate of drug-likeness (QED) is 0.806. The first-order valence-corrected chi connectivity index (χ1v) is 6.55. The molecule has 1 heterocycles. The van der Waals surface area contributed by atoms with E-state index < -0.39 is 12.0 Å². The van der Waals surface area contributed by atoms with E-state index >= 15 is 0 Å². The number of carboxylic acids is 1. The van der Waals surface area contributed by atoms with Crippen LogP contribution < -0.4 is 5.73 Å². The standard InChI is InChI=1S/C13H14BrN3O2/c1-7-2-3-8(14)4-9(7)11-6-16-13(17-11)10(15)5-12(18)19/h2-4,6,10H,5,15H2,1H3,(H,16,17)(H,18,19). The van der Waals surface area contributed by atoms with Crippen LogP contribution in [0.25, 0.3) is 11.3 Å². The number of carbonyl (C=O) groups is 1. The summed E-state index contributed by atoms with van der Waals surface area (Å²) < 4.78 is 0.971. The van der Waals surface area contributed by atoms with Crippen molar-refractivity contribution in [1.82, 2.24) is 9.97 Å². The number of hydrogen-bond acceptors (Lipinski definition) is 3. The second-order valence-electron chi connectivity index (χ2n) is 4.35. The molecule has 4 N–H and O–H groups in total. The van der Waals surface area contributed by atoms with Crippen molar-refractivity contribution in [2.45, 2.75) is 19.4 Å². The molecule has 1 atom stereocenters. The fourth-order valence-corrected chi connectivity index (χ4v) is 2.19. The second kappa shape index (κ2) is 5.54. The number of aryl methyl sites for hydroxylation is 1. The van der Waals surface area contributed by atoms with Crippen LogP contribution >= 0.6 is 15.9 Å². The zero-order chi connectivity index (χ0) is 14.0. The molecule has 1 aromatic heterocycles. The van der Waals surface area contributed by atoms with E-state index in [1.54, 1.807) is 6.20 Å². The highest BCUT2D eigenvalue weighted by molar-refractivity contribution is 9.10. The van der Waals surface area contributed by atoms with Gasteiger partial charge in [-0.15, -0.1) is 0 Å². The largest absolute Gasteiger partial charge is 0.481 e. The minimum atomic E-state index is -0.941. The van der Waals surface area contributed by atoms with E-state index in [1.165, 1.54) is 0 Å². The highest BCUT2D eigenvalue weighted by Gasteiger charge is 2.15. The maximum absolute atomic E-state index is 10.6. The Morgan fingerprint density at radius 3 is 3.00 bits per heavy atom. The summed E-state index contributed by atoms with van der Waals surface area (Å²) in [6.45, 7) is 2.00. The molecule has 0 radical (unpaired) electrons. The number of aromatic nitrogens is 2. The number of halogens is 1. The van der Waals surface area contributed by atoms with Gasteiger partial charge in [-0.25, -0.2) is 4.98 Å². The molecular formula is C13H14BrN3O2. The van der Waals surface area contributed by atoms with E-state index in [9.17, 15) is 4.79 Å². The first-order valence-electron chi connectivity index (χ1n) is 5.76. The zero-order valence-corrected chi connectivity index (χ0v) is 11.9. The van der Waals surface area contributed by atoms with Crippen LogP contribution in [0.4, 0.5) is 0 Å². The molecule has 0 saturated heterocycles. The molecule has 0 amide bonds. The van der Waals surface area contributed by atoms with Crippen LogP contribution in [0.1, 0.15) is 23.9 Å². The highest BCUT2D eigenvalue weighted by atomic mass is 79.9. The molecular weight excluding hydrogens is 310 g/mol. The van der Waals surface area contributed by atoms with Gasteiger partial charge in [-0.05, 0) is 24.6 Å². The van der Waals surface area contributed by atoms with Gasteiger partial charge in [0.05, 0.1) is 24.4 Å². The minimum Gasteiger partial charge on any atom is -0.481 e. The third-order valence-corrected chi connectivity index (χ3v) is 3.32. The van der Waals surface area contributed by atoms with Crippen LogP contribution in [0.2, 0.25) is 0 Å². The van der Waals surface area contributed by atoms with Crippen LogP contribution in [0.15, 0.2) is 28.9 Å². The van der Waals surface area contributed by atoms with E-state index in [4.69, 9.17) is 10.8 Å². The Kier molecular flexibility index (Phi) is 4.01. The molecule has 19 heavy (non-hydrogen) atoms. The maximum atomic E-state index is 10.6. The minimum absolute atomic E-state index is 0.148. The van der Waals surface area contributed by atoms with Crippen molar-refractivity contribution in [3.05, 3.63) is 40.3 Å². The van der Waals surface area contributed by atoms with E-state index in [1.807, 2.05) is 25.1 Å². The average molecular weight is 324 g/mol. The summed E-state index contributed by atoms with van der Waals surface area (Å²) in [5.41, 5.74) is 8.71. The van der Waals surface area contributed by atoms with Crippen molar-refractivity contribution < 1.29 is 9.90 Å². The van der Waals surface area contributed by atoms with Gasteiger partial charge in [-0.3, -0.25) is 4.79 Å². The molecule has 0 aliphatic rings. The summed E-state index contributed by atoms with van der Waals surface area (Å²) in [5.74, 6) is -0.458. The van der Waals surface area contributed by atoms with Crippen molar-refractivity contribution in [3.8, 4) is 11.3 Å². The third kappa shape index (κ3) is 3.21. The fraction of sp³-hybridized carbons (Fsp3) is 0.231. The van der Waals surface area contributed by atoms with Crippen molar-refractivity contribution in [3.63, 3.8) is 0 Å². The number of nitrogens with two attached hydrogens (primary N) is 1. The van der Waals surface area contributed by atoms with Gasteiger partial charge in [0.15, 0.2) is 0 Å². The number of H-pyrrole nitrogens is 1. The average Bonchev–Trinajstić information content (AvgIpc) is 2.80. The van der Waals surface area contributed by atoms with Crippen LogP contribution in [0.5, 0.6) is 0 Å². The Hall–Kier alpha value is -1.66. The van der Waals surface area contributed by atoms with Gasteiger partial charge in [0.2, 0.25) is 0 Å². The Balaban J connectivity index is 2.30. The Labute approximate surface area is 119 Å². The van der Waals surface area contributed by atoms with Crippen molar-refractivity contribution in [2.75, 3.05) is 0 Å². The van der Waals surface area contributed by atoms with Crippen LogP contribution in [0, 0.1) is 6.92 Å². The molecule has 100 valence electrons. The smallest absolute Gasteiger partial charge is 0.305 e. The lowest BCUT2D eigenvalue weighted by molar-refractivity contribution is -0.137. The predicted octanol–water partition coefficient (Wildman–Crippen LogP) is 2.62. The van der Waals surface area contributed by atoms with Gasteiger partial charge in [0.1, 0.15) is 5.82 Å². The Morgan fingerprint density at radius 2 is 2.32 bits per heavy atom. The van der Waals surface area contributed by atoms with E-state index in [2.05, 4.69) is 25.9 Å². The van der Waals surface area contributed by atoms with Gasteiger partial charge in [0.25, 0.3) is 0 Å². The molecule has 0 spiro atoms. The first-order chi connectivity index (χ1) is 8.97. The molecule has 5 nitrogen and oxygen atoms in total. The van der Waals surface area contributed by atoms with Gasteiger partial charge < -0.3 is 15.8 Å². The Morgan fingerprint density at radius 1 is 1.58 bits per heavy atom. The molecule has 1 aromatic carbocycles. The zero-order valence-electron chi connectivity index (χ0n) is 10.4. The lowest BCUT2D eigenvalue weighted by Gasteiger charge is -2.06. The summed E-state index contributed by atoms with van der Waals surface area (Å²) in [5, 5.41) is 8.72. The molecule has 2 aromatic rings. The molecule has 0 saturated carbocycles. The lowest BCUT2D eigenvalue weighted by atomic mass is 10.1. The number of nitrogens with zero attached hydrogens (tertiary/aromatic N) is 1. The molecule has 0 aliphatic heterocycles. The molecule has 1 unspecified atom stereocenters. The fourth-order valence-electron chi connectivity index (χ4n) is 1.83. The molecule has 2 rings (SSSR count). The molecule has 0 bridgehead atoms. The summed E-state index contributed by atoms with van der Waals surface area (Å²) >= 11 is 3.43. The molecule has 0 aliphatic carbocycles. The number of carboxylic acid groups (broad SMARTS) is 1. The maximum Gasteiger partial charge on any atom is 0.305 e.